The second-order valence-corrected chi connectivity index (χ2v) is 6.74. The zero-order chi connectivity index (χ0) is 14.3. The fourth-order valence-corrected chi connectivity index (χ4v) is 4.26. The Kier molecular flexibility index (Phi) is 3.71. The molecule has 3 aliphatic rings. The Hall–Kier alpha value is -1.10. The number of hydrogen-bond donors (Lipinski definition) is 1. The first kappa shape index (κ1) is 13.9. The summed E-state index contributed by atoms with van der Waals surface area (Å²) in [5.41, 5.74) is 0. The topological polar surface area (TPSA) is 60.9 Å². The van der Waals surface area contributed by atoms with Gasteiger partial charge in [-0.25, -0.2) is 0 Å². The smallest absolute Gasteiger partial charge is 0.307 e. The summed E-state index contributed by atoms with van der Waals surface area (Å²) in [6.45, 7) is 5.74. The van der Waals surface area contributed by atoms with E-state index in [2.05, 4.69) is 11.8 Å². The molecule has 2 heterocycles. The molecule has 0 bridgehead atoms. The third-order valence-electron chi connectivity index (χ3n) is 5.33. The minimum Gasteiger partial charge on any atom is -0.481 e. The van der Waals surface area contributed by atoms with Gasteiger partial charge in [-0.1, -0.05) is 6.92 Å². The molecule has 0 spiro atoms. The second-order valence-electron chi connectivity index (χ2n) is 6.74. The highest BCUT2D eigenvalue weighted by Gasteiger charge is 2.44. The van der Waals surface area contributed by atoms with E-state index in [0.29, 0.717) is 18.4 Å². The van der Waals surface area contributed by atoms with Gasteiger partial charge in [0.25, 0.3) is 0 Å². The van der Waals surface area contributed by atoms with Crippen molar-refractivity contribution in [2.24, 2.45) is 17.8 Å². The number of rotatable bonds is 2. The molecular weight excluding hydrogens is 256 g/mol. The molecule has 3 rings (SSSR count). The molecule has 0 radical (unpaired) electrons. The second kappa shape index (κ2) is 5.35. The molecule has 20 heavy (non-hydrogen) atoms. The molecule has 5 nitrogen and oxygen atoms in total. The molecule has 5 heteroatoms. The van der Waals surface area contributed by atoms with E-state index in [1.807, 2.05) is 4.90 Å². The number of nitrogens with zero attached hydrogens (tertiary/aromatic N) is 2. The summed E-state index contributed by atoms with van der Waals surface area (Å²) in [5, 5.41) is 9.32. The molecule has 0 aromatic rings. The number of carbonyl (C=O) groups excluding carboxylic acids is 1. The lowest BCUT2D eigenvalue weighted by atomic mass is 9.94. The molecule has 2 aliphatic heterocycles. The van der Waals surface area contributed by atoms with Crippen LogP contribution in [0, 0.1) is 17.8 Å². The van der Waals surface area contributed by atoms with E-state index >= 15 is 0 Å². The summed E-state index contributed by atoms with van der Waals surface area (Å²) in [5.74, 6) is -1.13. The quantitative estimate of drug-likeness (QED) is 0.821. The van der Waals surface area contributed by atoms with Crippen molar-refractivity contribution in [3.05, 3.63) is 0 Å². The molecule has 0 aromatic heterocycles. The summed E-state index contributed by atoms with van der Waals surface area (Å²) in [6, 6.07) is 0.509. The van der Waals surface area contributed by atoms with Crippen LogP contribution in [0.5, 0.6) is 0 Å². The molecule has 1 N–H and O–H groups in total. The van der Waals surface area contributed by atoms with Crippen molar-refractivity contribution in [1.82, 2.24) is 9.80 Å². The molecule has 2 saturated heterocycles. The van der Waals surface area contributed by atoms with E-state index in [9.17, 15) is 14.7 Å². The van der Waals surface area contributed by atoms with Gasteiger partial charge in [0.2, 0.25) is 5.91 Å². The number of carboxylic acids is 1. The van der Waals surface area contributed by atoms with Gasteiger partial charge in [0.05, 0.1) is 11.8 Å². The highest BCUT2D eigenvalue weighted by molar-refractivity contribution is 5.85. The lowest BCUT2D eigenvalue weighted by molar-refractivity contribution is -0.150. The molecule has 1 amide bonds. The monoisotopic (exact) mass is 280 g/mol. The predicted octanol–water partition coefficient (Wildman–Crippen LogP) is 1.04. The number of hydrogen-bond acceptors (Lipinski definition) is 3. The number of amides is 1. The van der Waals surface area contributed by atoms with Crippen LogP contribution in [0.2, 0.25) is 0 Å². The van der Waals surface area contributed by atoms with Crippen LogP contribution in [0.3, 0.4) is 0 Å². The summed E-state index contributed by atoms with van der Waals surface area (Å²) >= 11 is 0. The Morgan fingerprint density at radius 2 is 1.85 bits per heavy atom. The predicted molar refractivity (Wildman–Crippen MR) is 74.2 cm³/mol. The van der Waals surface area contributed by atoms with Gasteiger partial charge < -0.3 is 10.0 Å². The van der Waals surface area contributed by atoms with Crippen LogP contribution in [0.4, 0.5) is 0 Å². The minimum absolute atomic E-state index is 0.0910. The van der Waals surface area contributed by atoms with Gasteiger partial charge in [-0.15, -0.1) is 0 Å². The zero-order valence-corrected chi connectivity index (χ0v) is 12.1. The molecule has 2 unspecified atom stereocenters. The normalized spacial score (nSPS) is 38.0. The summed E-state index contributed by atoms with van der Waals surface area (Å²) in [7, 11) is 0. The molecule has 4 atom stereocenters. The SMILES string of the molecule is CC1C[C@H](C(=O)N2CCN3CCCC3C2)[C@H](C(=O)O)C1. The van der Waals surface area contributed by atoms with Crippen LogP contribution in [-0.4, -0.2) is 59.0 Å². The number of piperazine rings is 1. The number of carbonyl (C=O) groups is 2. The van der Waals surface area contributed by atoms with Crippen molar-refractivity contribution in [2.75, 3.05) is 26.2 Å². The fraction of sp³-hybridized carbons (Fsp3) is 0.867. The van der Waals surface area contributed by atoms with Gasteiger partial charge in [0.1, 0.15) is 0 Å². The average molecular weight is 280 g/mol. The first-order chi connectivity index (χ1) is 9.56. The van der Waals surface area contributed by atoms with E-state index < -0.39 is 11.9 Å². The first-order valence-electron chi connectivity index (χ1n) is 7.82. The minimum atomic E-state index is -0.799. The molecule has 0 aromatic carbocycles. The van der Waals surface area contributed by atoms with Gasteiger partial charge in [-0.2, -0.15) is 0 Å². The Bertz CT molecular complexity index is 412. The van der Waals surface area contributed by atoms with Crippen LogP contribution in [-0.2, 0) is 9.59 Å². The van der Waals surface area contributed by atoms with Gasteiger partial charge >= 0.3 is 5.97 Å². The largest absolute Gasteiger partial charge is 0.481 e. The molecule has 1 aliphatic carbocycles. The van der Waals surface area contributed by atoms with Gasteiger partial charge in [0, 0.05) is 25.7 Å². The third kappa shape index (κ3) is 2.43. The van der Waals surface area contributed by atoms with Crippen molar-refractivity contribution in [2.45, 2.75) is 38.6 Å². The maximum Gasteiger partial charge on any atom is 0.307 e. The Labute approximate surface area is 119 Å². The summed E-state index contributed by atoms with van der Waals surface area (Å²) in [6.07, 6.45) is 3.79. The van der Waals surface area contributed by atoms with E-state index in [-0.39, 0.29) is 11.8 Å². The third-order valence-corrected chi connectivity index (χ3v) is 5.33. The van der Waals surface area contributed by atoms with Crippen molar-refractivity contribution >= 4 is 11.9 Å². The van der Waals surface area contributed by atoms with Crippen LogP contribution in [0.25, 0.3) is 0 Å². The maximum absolute atomic E-state index is 12.7. The average Bonchev–Trinajstić information content (AvgIpc) is 3.02. The highest BCUT2D eigenvalue weighted by atomic mass is 16.4. The van der Waals surface area contributed by atoms with Crippen LogP contribution in [0.15, 0.2) is 0 Å². The maximum atomic E-state index is 12.7. The summed E-state index contributed by atoms with van der Waals surface area (Å²) in [4.78, 5) is 28.4. The zero-order valence-electron chi connectivity index (χ0n) is 12.1. The van der Waals surface area contributed by atoms with Crippen LogP contribution >= 0.6 is 0 Å². The number of fused-ring (bicyclic) bond motifs is 1. The van der Waals surface area contributed by atoms with E-state index in [4.69, 9.17) is 0 Å². The highest BCUT2D eigenvalue weighted by Crippen LogP contribution is 2.38. The van der Waals surface area contributed by atoms with Crippen LogP contribution in [0.1, 0.15) is 32.6 Å². The molecule has 3 fully saturated rings. The Morgan fingerprint density at radius 1 is 1.10 bits per heavy atom. The van der Waals surface area contributed by atoms with Crippen molar-refractivity contribution in [3.8, 4) is 0 Å². The Balaban J connectivity index is 1.67. The van der Waals surface area contributed by atoms with Crippen molar-refractivity contribution in [1.29, 1.82) is 0 Å². The fourth-order valence-electron chi connectivity index (χ4n) is 4.26. The molecule has 112 valence electrons. The van der Waals surface area contributed by atoms with E-state index in [1.54, 1.807) is 0 Å². The first-order valence-corrected chi connectivity index (χ1v) is 7.82. The Morgan fingerprint density at radius 3 is 2.60 bits per heavy atom. The van der Waals surface area contributed by atoms with Crippen molar-refractivity contribution in [3.63, 3.8) is 0 Å². The summed E-state index contributed by atoms with van der Waals surface area (Å²) < 4.78 is 0. The van der Waals surface area contributed by atoms with Gasteiger partial charge in [-0.3, -0.25) is 14.5 Å². The van der Waals surface area contributed by atoms with Crippen molar-refractivity contribution < 1.29 is 14.7 Å². The van der Waals surface area contributed by atoms with Gasteiger partial charge in [0.15, 0.2) is 0 Å². The lowest BCUT2D eigenvalue weighted by Crippen LogP contribution is -2.54. The number of aliphatic carboxylic acids is 1. The number of carboxylic acid groups (broad SMARTS) is 1. The molecular formula is C15H24N2O3. The lowest BCUT2D eigenvalue weighted by Gasteiger charge is -2.39. The van der Waals surface area contributed by atoms with Crippen LogP contribution < -0.4 is 0 Å². The van der Waals surface area contributed by atoms with Gasteiger partial charge in [-0.05, 0) is 38.1 Å². The molecule has 1 saturated carbocycles. The standard InChI is InChI=1S/C15H24N2O3/c1-10-7-12(13(8-10)15(19)20)14(18)17-6-5-16-4-2-3-11(16)9-17/h10-13H,2-9H2,1H3,(H,19,20)/t10?,11?,12-,13+/m0/s1. The van der Waals surface area contributed by atoms with E-state index in [1.165, 1.54) is 12.8 Å². The van der Waals surface area contributed by atoms with E-state index in [0.717, 1.165) is 32.6 Å².